The first kappa shape index (κ1) is 32.5. The van der Waals surface area contributed by atoms with E-state index in [1.807, 2.05) is 13.8 Å². The van der Waals surface area contributed by atoms with Crippen LogP contribution >= 0.6 is 0 Å². The van der Waals surface area contributed by atoms with E-state index in [-0.39, 0.29) is 36.6 Å². The van der Waals surface area contributed by atoms with Crippen LogP contribution in [0.3, 0.4) is 0 Å². The topological polar surface area (TPSA) is 150 Å². The minimum Gasteiger partial charge on any atom is -0.492 e. The van der Waals surface area contributed by atoms with Crippen LogP contribution in [-0.4, -0.2) is 73.3 Å². The van der Waals surface area contributed by atoms with Crippen LogP contribution in [0.15, 0.2) is 42.5 Å². The Balaban J connectivity index is 1.88. The zero-order valence-corrected chi connectivity index (χ0v) is 24.8. The number of benzene rings is 2. The second kappa shape index (κ2) is 15.3. The van der Waals surface area contributed by atoms with Crippen LogP contribution < -0.4 is 26.4 Å². The normalized spacial score (nSPS) is 22.1. The van der Waals surface area contributed by atoms with Gasteiger partial charge in [-0.1, -0.05) is 50.6 Å². The Kier molecular flexibility index (Phi) is 11.8. The summed E-state index contributed by atoms with van der Waals surface area (Å²) >= 11 is 0. The standard InChI is InChI=1S/C31H43FN6O4/c1-5-19(2)27-31(41)38(4)20(3)29(39)37-25(17-21-8-10-23(11-9-21)28(33)34)30(40)36-14-6-7-22-12-13-24(32)18-26(22)42-16-15-35-27/h8-13,18-20,25,27,35H,5-7,14-17H2,1-4H3,(H3,33,34)(H,36,40)(H,37,39)/t19?,20-,25-,27+/m1/s1. The maximum Gasteiger partial charge on any atom is 0.243 e. The number of hydrogen-bond donors (Lipinski definition) is 5. The summed E-state index contributed by atoms with van der Waals surface area (Å²) in [7, 11) is 1.58. The predicted octanol–water partition coefficient (Wildman–Crippen LogP) is 2.13. The smallest absolute Gasteiger partial charge is 0.243 e. The van der Waals surface area contributed by atoms with Gasteiger partial charge in [-0.25, -0.2) is 4.39 Å². The van der Waals surface area contributed by atoms with Crippen molar-refractivity contribution in [2.75, 3.05) is 26.7 Å². The number of hydrogen-bond acceptors (Lipinski definition) is 6. The summed E-state index contributed by atoms with van der Waals surface area (Å²) in [6, 6.07) is 9.00. The van der Waals surface area contributed by atoms with Gasteiger partial charge in [0.1, 0.15) is 36.1 Å². The third-order valence-corrected chi connectivity index (χ3v) is 7.80. The van der Waals surface area contributed by atoms with Crippen LogP contribution in [0.2, 0.25) is 0 Å². The molecule has 0 spiro atoms. The minimum atomic E-state index is -0.904. The molecule has 6 N–H and O–H groups in total. The molecule has 1 unspecified atom stereocenters. The van der Waals surface area contributed by atoms with Gasteiger partial charge < -0.3 is 31.3 Å². The second-order valence-electron chi connectivity index (χ2n) is 10.8. The van der Waals surface area contributed by atoms with Gasteiger partial charge in [0.15, 0.2) is 0 Å². The zero-order valence-electron chi connectivity index (χ0n) is 24.8. The minimum absolute atomic E-state index is 0.0259. The maximum atomic E-state index is 14.0. The van der Waals surface area contributed by atoms with E-state index in [1.54, 1.807) is 44.3 Å². The van der Waals surface area contributed by atoms with Gasteiger partial charge in [-0.3, -0.25) is 19.8 Å². The molecule has 2 aromatic rings. The highest BCUT2D eigenvalue weighted by Crippen LogP contribution is 2.22. The highest BCUT2D eigenvalue weighted by molar-refractivity contribution is 5.95. The van der Waals surface area contributed by atoms with Crippen molar-refractivity contribution in [3.8, 4) is 5.75 Å². The molecule has 0 aromatic heterocycles. The zero-order chi connectivity index (χ0) is 30.8. The molecule has 0 saturated heterocycles. The fourth-order valence-electron chi connectivity index (χ4n) is 4.77. The van der Waals surface area contributed by atoms with Crippen LogP contribution in [0, 0.1) is 17.1 Å². The summed E-state index contributed by atoms with van der Waals surface area (Å²) in [6.07, 6.45) is 2.05. The first-order chi connectivity index (χ1) is 20.0. The van der Waals surface area contributed by atoms with Crippen molar-refractivity contribution in [2.24, 2.45) is 11.7 Å². The molecule has 4 atom stereocenters. The second-order valence-corrected chi connectivity index (χ2v) is 10.8. The number of amides is 3. The van der Waals surface area contributed by atoms with Crippen molar-refractivity contribution in [1.82, 2.24) is 20.9 Å². The lowest BCUT2D eigenvalue weighted by Crippen LogP contribution is -2.57. The predicted molar refractivity (Wildman–Crippen MR) is 160 cm³/mol. The van der Waals surface area contributed by atoms with Crippen molar-refractivity contribution in [2.45, 2.75) is 64.6 Å². The third kappa shape index (κ3) is 8.75. The monoisotopic (exact) mass is 582 g/mol. The third-order valence-electron chi connectivity index (χ3n) is 7.80. The highest BCUT2D eigenvalue weighted by atomic mass is 19.1. The quantitative estimate of drug-likeness (QED) is 0.269. The lowest BCUT2D eigenvalue weighted by Gasteiger charge is -2.32. The Hall–Kier alpha value is -3.99. The van der Waals surface area contributed by atoms with Crippen molar-refractivity contribution in [1.29, 1.82) is 5.41 Å². The summed E-state index contributed by atoms with van der Waals surface area (Å²) < 4.78 is 19.9. The van der Waals surface area contributed by atoms with Gasteiger partial charge in [-0.2, -0.15) is 0 Å². The van der Waals surface area contributed by atoms with Crippen LogP contribution in [0.25, 0.3) is 0 Å². The molecular formula is C31H43FN6O4. The lowest BCUT2D eigenvalue weighted by molar-refractivity contribution is -0.141. The van der Waals surface area contributed by atoms with E-state index >= 15 is 0 Å². The van der Waals surface area contributed by atoms with Crippen LogP contribution in [0.4, 0.5) is 4.39 Å². The lowest BCUT2D eigenvalue weighted by atomic mass is 9.97. The molecule has 228 valence electrons. The number of carbonyl (C=O) groups excluding carboxylic acids is 3. The highest BCUT2D eigenvalue weighted by Gasteiger charge is 2.32. The van der Waals surface area contributed by atoms with Crippen molar-refractivity contribution in [3.63, 3.8) is 0 Å². The molecule has 0 bridgehead atoms. The average Bonchev–Trinajstić information content (AvgIpc) is 2.97. The number of ether oxygens (including phenoxy) is 1. The van der Waals surface area contributed by atoms with Crippen LogP contribution in [0.5, 0.6) is 5.75 Å². The van der Waals surface area contributed by atoms with E-state index in [4.69, 9.17) is 15.9 Å². The van der Waals surface area contributed by atoms with Gasteiger partial charge in [0, 0.05) is 38.2 Å². The molecule has 0 aliphatic carbocycles. The Morgan fingerprint density at radius 3 is 2.52 bits per heavy atom. The van der Waals surface area contributed by atoms with Crippen molar-refractivity contribution < 1.29 is 23.5 Å². The van der Waals surface area contributed by atoms with Crippen LogP contribution in [-0.2, 0) is 27.2 Å². The van der Waals surface area contributed by atoms with E-state index < -0.39 is 29.8 Å². The molecule has 1 aliphatic rings. The van der Waals surface area contributed by atoms with Gasteiger partial charge in [-0.05, 0) is 42.9 Å². The maximum absolute atomic E-state index is 14.0. The number of fused-ring (bicyclic) bond motifs is 1. The van der Waals surface area contributed by atoms with E-state index in [1.165, 1.54) is 17.0 Å². The number of nitrogen functional groups attached to an aromatic ring is 1. The van der Waals surface area contributed by atoms with Gasteiger partial charge in [0.05, 0.1) is 6.04 Å². The van der Waals surface area contributed by atoms with E-state index in [0.717, 1.165) is 17.5 Å². The van der Waals surface area contributed by atoms with Crippen molar-refractivity contribution >= 4 is 23.6 Å². The molecule has 1 heterocycles. The molecule has 10 nitrogen and oxygen atoms in total. The number of nitrogens with one attached hydrogen (secondary N) is 4. The van der Waals surface area contributed by atoms with Gasteiger partial charge in [0.25, 0.3) is 0 Å². The number of nitrogens with two attached hydrogens (primary N) is 1. The van der Waals surface area contributed by atoms with E-state index in [9.17, 15) is 18.8 Å². The van der Waals surface area contributed by atoms with E-state index in [0.29, 0.717) is 37.2 Å². The molecule has 11 heteroatoms. The Bertz CT molecular complexity index is 1250. The van der Waals surface area contributed by atoms with Gasteiger partial charge in [0.2, 0.25) is 17.7 Å². The Morgan fingerprint density at radius 2 is 1.86 bits per heavy atom. The van der Waals surface area contributed by atoms with Crippen LogP contribution in [0.1, 0.15) is 50.3 Å². The SMILES string of the molecule is CCC(C)[C@@H]1NCCOc2cc(F)ccc2CCCNC(=O)[C@@H](Cc2ccc(C(=N)N)cc2)NC(=O)[C@@H](C)N(C)C1=O. The molecule has 3 rings (SSSR count). The average molecular weight is 583 g/mol. The number of nitrogens with zero attached hydrogens (tertiary/aromatic N) is 1. The van der Waals surface area contributed by atoms with Crippen molar-refractivity contribution in [3.05, 3.63) is 65.0 Å². The number of halogens is 1. The summed E-state index contributed by atoms with van der Waals surface area (Å²) in [4.78, 5) is 41.6. The summed E-state index contributed by atoms with van der Waals surface area (Å²) in [5.41, 5.74) is 7.70. The number of rotatable bonds is 5. The first-order valence-electron chi connectivity index (χ1n) is 14.4. The fourth-order valence-corrected chi connectivity index (χ4v) is 4.77. The molecule has 0 fully saturated rings. The van der Waals surface area contributed by atoms with Gasteiger partial charge in [-0.15, -0.1) is 0 Å². The Morgan fingerprint density at radius 1 is 1.14 bits per heavy atom. The Labute approximate surface area is 247 Å². The fraction of sp³-hybridized carbons (Fsp3) is 0.484. The molecule has 3 amide bonds. The number of aryl methyl sites for hydroxylation is 1. The number of likely N-dealkylation sites (N-methyl/N-ethyl adjacent to an activating group) is 1. The first-order valence-corrected chi connectivity index (χ1v) is 14.4. The summed E-state index contributed by atoms with van der Waals surface area (Å²) in [6.45, 7) is 6.49. The largest absolute Gasteiger partial charge is 0.492 e. The number of carbonyl (C=O) groups is 3. The molecule has 0 radical (unpaired) electrons. The molecule has 0 saturated carbocycles. The van der Waals surface area contributed by atoms with Gasteiger partial charge >= 0.3 is 0 Å². The number of amidine groups is 1. The van der Waals surface area contributed by atoms with E-state index in [2.05, 4.69) is 16.0 Å². The summed E-state index contributed by atoms with van der Waals surface area (Å²) in [5.74, 6) is -1.13. The summed E-state index contributed by atoms with van der Waals surface area (Å²) in [5, 5.41) is 16.6. The molecule has 1 aliphatic heterocycles. The molecule has 42 heavy (non-hydrogen) atoms. The molecule has 2 aromatic carbocycles. The molecular weight excluding hydrogens is 539 g/mol.